The third kappa shape index (κ3) is 5.82. The average molecular weight is 311 g/mol. The van der Waals surface area contributed by atoms with Gasteiger partial charge in [-0.05, 0) is 30.2 Å². The molecule has 0 aliphatic carbocycles. The average Bonchev–Trinajstić information content (AvgIpc) is 2.55. The number of hydrogen-bond acceptors (Lipinski definition) is 3. The minimum Gasteiger partial charge on any atom is -0.493 e. The van der Waals surface area contributed by atoms with Crippen LogP contribution in [0.15, 0.2) is 59.7 Å². The molecular weight excluding hydrogens is 290 g/mol. The van der Waals surface area contributed by atoms with E-state index >= 15 is 0 Å². The fraction of sp³-hybridized carbons (Fsp3) is 0.222. The van der Waals surface area contributed by atoms with Gasteiger partial charge in [0, 0.05) is 11.3 Å². The minimum absolute atomic E-state index is 0.395. The van der Waals surface area contributed by atoms with Crippen molar-refractivity contribution in [1.29, 1.82) is 0 Å². The van der Waals surface area contributed by atoms with Gasteiger partial charge in [-0.15, -0.1) is 0 Å². The summed E-state index contributed by atoms with van der Waals surface area (Å²) in [5, 5.41) is 6.65. The zero-order valence-electron chi connectivity index (χ0n) is 13.3. The molecule has 0 aliphatic heterocycles. The van der Waals surface area contributed by atoms with Gasteiger partial charge in [-0.2, -0.15) is 5.10 Å². The van der Waals surface area contributed by atoms with Gasteiger partial charge >= 0.3 is 6.03 Å². The number of rotatable bonds is 6. The number of amides is 2. The Balaban J connectivity index is 1.91. The van der Waals surface area contributed by atoms with Gasteiger partial charge in [0.25, 0.3) is 0 Å². The number of nitrogens with zero attached hydrogens (tertiary/aromatic N) is 1. The number of anilines is 1. The molecule has 23 heavy (non-hydrogen) atoms. The van der Waals surface area contributed by atoms with Crippen LogP contribution in [0.3, 0.4) is 0 Å². The van der Waals surface area contributed by atoms with Crippen LogP contribution in [-0.2, 0) is 0 Å². The Kier molecular flexibility index (Phi) is 6.17. The van der Waals surface area contributed by atoms with E-state index in [0.717, 1.165) is 11.3 Å². The largest absolute Gasteiger partial charge is 0.493 e. The quantitative estimate of drug-likeness (QED) is 0.628. The fourth-order valence-electron chi connectivity index (χ4n) is 1.82. The summed E-state index contributed by atoms with van der Waals surface area (Å²) in [7, 11) is 0. The first kappa shape index (κ1) is 16.5. The monoisotopic (exact) mass is 311 g/mol. The van der Waals surface area contributed by atoms with Gasteiger partial charge in [-0.1, -0.05) is 44.2 Å². The van der Waals surface area contributed by atoms with Crippen LogP contribution < -0.4 is 15.5 Å². The van der Waals surface area contributed by atoms with Crippen molar-refractivity contribution in [2.24, 2.45) is 11.0 Å². The van der Waals surface area contributed by atoms with Gasteiger partial charge in [0.05, 0.1) is 12.8 Å². The Hall–Kier alpha value is -2.82. The summed E-state index contributed by atoms with van der Waals surface area (Å²) in [6, 6.07) is 16.4. The summed E-state index contributed by atoms with van der Waals surface area (Å²) in [4.78, 5) is 11.7. The van der Waals surface area contributed by atoms with E-state index in [9.17, 15) is 4.79 Å². The van der Waals surface area contributed by atoms with Gasteiger partial charge in [-0.3, -0.25) is 0 Å². The number of urea groups is 1. The van der Waals surface area contributed by atoms with Gasteiger partial charge in [-0.25, -0.2) is 10.2 Å². The molecule has 0 aliphatic rings. The van der Waals surface area contributed by atoms with E-state index in [-0.39, 0.29) is 0 Å². The summed E-state index contributed by atoms with van der Waals surface area (Å²) >= 11 is 0. The Morgan fingerprint density at radius 1 is 1.13 bits per heavy atom. The second kappa shape index (κ2) is 8.58. The maximum absolute atomic E-state index is 11.7. The zero-order valence-corrected chi connectivity index (χ0v) is 13.3. The lowest BCUT2D eigenvalue weighted by Gasteiger charge is -2.10. The highest BCUT2D eigenvalue weighted by Crippen LogP contribution is 2.16. The SMILES string of the molecule is CC(C)COc1ccccc1/C=N\NC(=O)Nc1ccccc1. The molecule has 2 aromatic rings. The minimum atomic E-state index is -0.395. The lowest BCUT2D eigenvalue weighted by Crippen LogP contribution is -2.24. The van der Waals surface area contributed by atoms with Gasteiger partial charge in [0.15, 0.2) is 0 Å². The molecule has 120 valence electrons. The topological polar surface area (TPSA) is 62.7 Å². The van der Waals surface area contributed by atoms with Crippen molar-refractivity contribution >= 4 is 17.9 Å². The van der Waals surface area contributed by atoms with Crippen molar-refractivity contribution in [2.75, 3.05) is 11.9 Å². The Bertz CT molecular complexity index is 654. The predicted molar refractivity (Wildman–Crippen MR) is 93.0 cm³/mol. The third-order valence-electron chi connectivity index (χ3n) is 2.89. The molecule has 0 aromatic heterocycles. The third-order valence-corrected chi connectivity index (χ3v) is 2.89. The van der Waals surface area contributed by atoms with E-state index in [0.29, 0.717) is 18.2 Å². The van der Waals surface area contributed by atoms with Crippen LogP contribution >= 0.6 is 0 Å². The second-order valence-corrected chi connectivity index (χ2v) is 5.43. The first-order valence-corrected chi connectivity index (χ1v) is 7.52. The highest BCUT2D eigenvalue weighted by molar-refractivity contribution is 5.90. The second-order valence-electron chi connectivity index (χ2n) is 5.43. The number of hydrazone groups is 1. The van der Waals surface area contributed by atoms with Crippen molar-refractivity contribution in [2.45, 2.75) is 13.8 Å². The van der Waals surface area contributed by atoms with Gasteiger partial charge in [0.1, 0.15) is 5.75 Å². The predicted octanol–water partition coefficient (Wildman–Crippen LogP) is 3.88. The summed E-state index contributed by atoms with van der Waals surface area (Å²) in [6.07, 6.45) is 1.57. The van der Waals surface area contributed by atoms with Crippen molar-refractivity contribution in [1.82, 2.24) is 5.43 Å². The molecule has 0 saturated heterocycles. The first-order chi connectivity index (χ1) is 11.1. The normalized spacial score (nSPS) is 10.7. The Morgan fingerprint density at radius 3 is 2.57 bits per heavy atom. The van der Waals surface area contributed by atoms with E-state index in [1.54, 1.807) is 18.3 Å². The molecule has 0 bridgehead atoms. The molecule has 5 heteroatoms. The molecule has 0 heterocycles. The van der Waals surface area contributed by atoms with Gasteiger partial charge < -0.3 is 10.1 Å². The van der Waals surface area contributed by atoms with E-state index in [4.69, 9.17) is 4.74 Å². The molecule has 0 unspecified atom stereocenters. The molecule has 2 aromatic carbocycles. The number of carbonyl (C=O) groups excluding carboxylic acids is 1. The van der Waals surface area contributed by atoms with Crippen molar-refractivity contribution in [3.05, 3.63) is 60.2 Å². The maximum atomic E-state index is 11.7. The van der Waals surface area contributed by atoms with E-state index in [1.807, 2.05) is 42.5 Å². The Morgan fingerprint density at radius 2 is 1.83 bits per heavy atom. The summed E-state index contributed by atoms with van der Waals surface area (Å²) < 4.78 is 5.73. The summed E-state index contributed by atoms with van der Waals surface area (Å²) in [5.74, 6) is 1.19. The highest BCUT2D eigenvalue weighted by Gasteiger charge is 2.03. The molecule has 0 spiro atoms. The van der Waals surface area contributed by atoms with Crippen molar-refractivity contribution in [3.8, 4) is 5.75 Å². The van der Waals surface area contributed by atoms with Crippen LogP contribution in [0.1, 0.15) is 19.4 Å². The first-order valence-electron chi connectivity index (χ1n) is 7.52. The number of hydrogen-bond donors (Lipinski definition) is 2. The molecule has 0 atom stereocenters. The molecule has 0 radical (unpaired) electrons. The summed E-state index contributed by atoms with van der Waals surface area (Å²) in [5.41, 5.74) is 3.96. The Labute approximate surface area is 136 Å². The van der Waals surface area contributed by atoms with Crippen LogP contribution in [0.4, 0.5) is 10.5 Å². The maximum Gasteiger partial charge on any atom is 0.339 e. The van der Waals surface area contributed by atoms with Crippen LogP contribution in [0.2, 0.25) is 0 Å². The summed E-state index contributed by atoms with van der Waals surface area (Å²) in [6.45, 7) is 4.81. The number of carbonyl (C=O) groups is 1. The van der Waals surface area contributed by atoms with Crippen LogP contribution in [0.5, 0.6) is 5.75 Å². The van der Waals surface area contributed by atoms with Crippen molar-refractivity contribution in [3.63, 3.8) is 0 Å². The zero-order chi connectivity index (χ0) is 16.5. The smallest absolute Gasteiger partial charge is 0.339 e. The molecule has 2 rings (SSSR count). The highest BCUT2D eigenvalue weighted by atomic mass is 16.5. The number of nitrogens with one attached hydrogen (secondary N) is 2. The number of benzene rings is 2. The van der Waals surface area contributed by atoms with Crippen LogP contribution in [0.25, 0.3) is 0 Å². The van der Waals surface area contributed by atoms with E-state index in [1.165, 1.54) is 0 Å². The number of para-hydroxylation sites is 2. The molecule has 2 N–H and O–H groups in total. The molecule has 5 nitrogen and oxygen atoms in total. The molecule has 0 saturated carbocycles. The van der Waals surface area contributed by atoms with E-state index in [2.05, 4.69) is 29.7 Å². The fourth-order valence-corrected chi connectivity index (χ4v) is 1.82. The van der Waals surface area contributed by atoms with Gasteiger partial charge in [0.2, 0.25) is 0 Å². The molecule has 2 amide bonds. The lowest BCUT2D eigenvalue weighted by molar-refractivity contribution is 0.252. The standard InChI is InChI=1S/C18H21N3O2/c1-14(2)13-23-17-11-7-6-8-15(17)12-19-21-18(22)20-16-9-4-3-5-10-16/h3-12,14H,13H2,1-2H3,(H2,20,21,22)/b19-12-. The lowest BCUT2D eigenvalue weighted by atomic mass is 10.2. The van der Waals surface area contributed by atoms with E-state index < -0.39 is 6.03 Å². The number of ether oxygens (including phenoxy) is 1. The van der Waals surface area contributed by atoms with Crippen LogP contribution in [-0.4, -0.2) is 18.9 Å². The molecular formula is C18H21N3O2. The van der Waals surface area contributed by atoms with Crippen LogP contribution in [0, 0.1) is 5.92 Å². The molecule has 0 fully saturated rings. The van der Waals surface area contributed by atoms with Crippen molar-refractivity contribution < 1.29 is 9.53 Å².